The number of nitrogens with zero attached hydrogens (tertiary/aromatic N) is 1. The maximum absolute atomic E-state index is 12.7. The first kappa shape index (κ1) is 23.4. The SMILES string of the molecule is CC(=O)Nc1ccc(NC(=O)COC(=O)c2ccccc2Cc2nc3ccccc3c(=O)[nH]2)cc1. The fourth-order valence-electron chi connectivity index (χ4n) is 3.52. The molecule has 0 spiro atoms. The molecule has 4 rings (SSSR count). The molecule has 1 aromatic heterocycles. The summed E-state index contributed by atoms with van der Waals surface area (Å²) in [5, 5.41) is 5.75. The second-order valence-corrected chi connectivity index (χ2v) is 7.75. The lowest BCUT2D eigenvalue weighted by atomic mass is 10.0. The summed E-state index contributed by atoms with van der Waals surface area (Å²) in [5.74, 6) is -0.963. The number of aromatic amines is 1. The lowest BCUT2D eigenvalue weighted by molar-refractivity contribution is -0.119. The zero-order chi connectivity index (χ0) is 24.8. The van der Waals surface area contributed by atoms with Crippen LogP contribution in [0.5, 0.6) is 0 Å². The van der Waals surface area contributed by atoms with Gasteiger partial charge in [0.05, 0.1) is 16.5 Å². The van der Waals surface area contributed by atoms with Crippen molar-refractivity contribution in [2.75, 3.05) is 17.2 Å². The highest BCUT2D eigenvalue weighted by atomic mass is 16.5. The van der Waals surface area contributed by atoms with Crippen molar-refractivity contribution in [3.05, 3.63) is 100 Å². The zero-order valence-corrected chi connectivity index (χ0v) is 18.8. The Hall–Kier alpha value is -4.79. The Kier molecular flexibility index (Phi) is 6.96. The van der Waals surface area contributed by atoms with Crippen molar-refractivity contribution in [3.63, 3.8) is 0 Å². The van der Waals surface area contributed by atoms with Crippen molar-refractivity contribution in [1.82, 2.24) is 9.97 Å². The average Bonchev–Trinajstić information content (AvgIpc) is 2.84. The van der Waals surface area contributed by atoms with E-state index in [0.29, 0.717) is 33.7 Å². The highest BCUT2D eigenvalue weighted by Gasteiger charge is 2.16. The first-order valence-corrected chi connectivity index (χ1v) is 10.8. The molecule has 0 unspecified atom stereocenters. The maximum Gasteiger partial charge on any atom is 0.338 e. The number of aromatic nitrogens is 2. The standard InChI is InChI=1S/C26H22N4O5/c1-16(31)27-18-10-12-19(13-11-18)28-24(32)15-35-26(34)20-7-3-2-6-17(20)14-23-29-22-9-5-4-8-21(22)25(33)30-23/h2-13H,14-15H2,1H3,(H,27,31)(H,28,32)(H,29,30,33). The maximum atomic E-state index is 12.7. The van der Waals surface area contributed by atoms with Crippen LogP contribution in [0.1, 0.15) is 28.7 Å². The van der Waals surface area contributed by atoms with E-state index in [1.165, 1.54) is 6.92 Å². The number of esters is 1. The number of ether oxygens (including phenoxy) is 1. The van der Waals surface area contributed by atoms with Crippen LogP contribution in [0.25, 0.3) is 10.9 Å². The lowest BCUT2D eigenvalue weighted by Crippen LogP contribution is -2.21. The molecule has 3 aromatic carbocycles. The van der Waals surface area contributed by atoms with Gasteiger partial charge >= 0.3 is 5.97 Å². The van der Waals surface area contributed by atoms with E-state index in [1.54, 1.807) is 72.8 Å². The van der Waals surface area contributed by atoms with Crippen LogP contribution in [0.4, 0.5) is 11.4 Å². The number of fused-ring (bicyclic) bond motifs is 1. The first-order valence-electron chi connectivity index (χ1n) is 10.8. The van der Waals surface area contributed by atoms with E-state index in [4.69, 9.17) is 4.74 Å². The molecule has 9 nitrogen and oxygen atoms in total. The molecule has 0 fully saturated rings. The summed E-state index contributed by atoms with van der Waals surface area (Å²) in [7, 11) is 0. The van der Waals surface area contributed by atoms with Gasteiger partial charge in [-0.05, 0) is 48.0 Å². The topological polar surface area (TPSA) is 130 Å². The third-order valence-corrected chi connectivity index (χ3v) is 5.08. The summed E-state index contributed by atoms with van der Waals surface area (Å²) in [6.07, 6.45) is 0.207. The van der Waals surface area contributed by atoms with Gasteiger partial charge in [0.2, 0.25) is 5.91 Å². The number of H-pyrrole nitrogens is 1. The van der Waals surface area contributed by atoms with Crippen LogP contribution < -0.4 is 16.2 Å². The predicted molar refractivity (Wildman–Crippen MR) is 131 cm³/mol. The van der Waals surface area contributed by atoms with Crippen LogP contribution in [-0.2, 0) is 20.7 Å². The number of nitrogens with one attached hydrogen (secondary N) is 3. The molecule has 0 aliphatic carbocycles. The summed E-state index contributed by atoms with van der Waals surface area (Å²) >= 11 is 0. The van der Waals surface area contributed by atoms with Gasteiger partial charge < -0.3 is 20.4 Å². The molecular weight excluding hydrogens is 448 g/mol. The summed E-state index contributed by atoms with van der Waals surface area (Å²) in [5.41, 5.74) is 2.27. The van der Waals surface area contributed by atoms with Crippen molar-refractivity contribution < 1.29 is 19.1 Å². The van der Waals surface area contributed by atoms with Crippen LogP contribution in [0.3, 0.4) is 0 Å². The molecule has 0 radical (unpaired) electrons. The minimum Gasteiger partial charge on any atom is -0.452 e. The lowest BCUT2D eigenvalue weighted by Gasteiger charge is -2.10. The first-order chi connectivity index (χ1) is 16.9. The van der Waals surface area contributed by atoms with E-state index in [2.05, 4.69) is 20.6 Å². The van der Waals surface area contributed by atoms with Gasteiger partial charge in [-0.1, -0.05) is 30.3 Å². The van der Waals surface area contributed by atoms with Crippen molar-refractivity contribution in [3.8, 4) is 0 Å². The van der Waals surface area contributed by atoms with Gasteiger partial charge in [-0.25, -0.2) is 9.78 Å². The van der Waals surface area contributed by atoms with Crippen LogP contribution in [0.15, 0.2) is 77.6 Å². The van der Waals surface area contributed by atoms with E-state index in [0.717, 1.165) is 0 Å². The molecule has 1 heterocycles. The quantitative estimate of drug-likeness (QED) is 0.356. The van der Waals surface area contributed by atoms with Crippen molar-refractivity contribution >= 4 is 40.1 Å². The monoisotopic (exact) mass is 470 g/mol. The summed E-state index contributed by atoms with van der Waals surface area (Å²) < 4.78 is 5.21. The molecule has 3 N–H and O–H groups in total. The van der Waals surface area contributed by atoms with Gasteiger partial charge in [0.1, 0.15) is 5.82 Å². The van der Waals surface area contributed by atoms with Crippen molar-refractivity contribution in [1.29, 1.82) is 0 Å². The number of rotatable bonds is 7. The van der Waals surface area contributed by atoms with Crippen LogP contribution in [-0.4, -0.2) is 34.4 Å². The molecule has 0 aliphatic rings. The fraction of sp³-hybridized carbons (Fsp3) is 0.115. The number of anilines is 2. The smallest absolute Gasteiger partial charge is 0.338 e. The molecular formula is C26H22N4O5. The fourth-order valence-corrected chi connectivity index (χ4v) is 3.52. The molecule has 176 valence electrons. The highest BCUT2D eigenvalue weighted by Crippen LogP contribution is 2.16. The Balaban J connectivity index is 1.40. The molecule has 2 amide bonds. The number of hydrogen-bond donors (Lipinski definition) is 3. The average molecular weight is 470 g/mol. The second-order valence-electron chi connectivity index (χ2n) is 7.75. The second kappa shape index (κ2) is 10.4. The van der Waals surface area contributed by atoms with E-state index in [1.807, 2.05) is 0 Å². The Bertz CT molecular complexity index is 1460. The molecule has 0 saturated heterocycles. The molecule has 4 aromatic rings. The van der Waals surface area contributed by atoms with E-state index in [-0.39, 0.29) is 23.5 Å². The molecule has 0 bridgehead atoms. The largest absolute Gasteiger partial charge is 0.452 e. The zero-order valence-electron chi connectivity index (χ0n) is 18.8. The highest BCUT2D eigenvalue weighted by molar-refractivity contribution is 5.96. The summed E-state index contributed by atoms with van der Waals surface area (Å²) in [4.78, 5) is 55.6. The van der Waals surface area contributed by atoms with Crippen molar-refractivity contribution in [2.45, 2.75) is 13.3 Å². The minimum absolute atomic E-state index is 0.197. The Labute approximate surface area is 200 Å². The van der Waals surface area contributed by atoms with Crippen LogP contribution in [0, 0.1) is 0 Å². The molecule has 0 saturated carbocycles. The van der Waals surface area contributed by atoms with Crippen molar-refractivity contribution in [2.24, 2.45) is 0 Å². The normalized spacial score (nSPS) is 10.5. The molecule has 0 atom stereocenters. The Morgan fingerprint density at radius 1 is 0.886 bits per heavy atom. The number of carbonyl (C=O) groups is 3. The van der Waals surface area contributed by atoms with Crippen LogP contribution >= 0.6 is 0 Å². The van der Waals surface area contributed by atoms with Gasteiger partial charge in [-0.2, -0.15) is 0 Å². The van der Waals surface area contributed by atoms with Gasteiger partial charge in [0, 0.05) is 24.7 Å². The number of carbonyl (C=O) groups excluding carboxylic acids is 3. The molecule has 9 heteroatoms. The van der Waals surface area contributed by atoms with Gasteiger partial charge in [-0.3, -0.25) is 14.4 Å². The van der Waals surface area contributed by atoms with E-state index in [9.17, 15) is 19.2 Å². The number of para-hydroxylation sites is 1. The number of amides is 2. The third kappa shape index (κ3) is 5.97. The van der Waals surface area contributed by atoms with Crippen LogP contribution in [0.2, 0.25) is 0 Å². The molecule has 35 heavy (non-hydrogen) atoms. The van der Waals surface area contributed by atoms with Gasteiger partial charge in [0.25, 0.3) is 11.5 Å². The number of hydrogen-bond acceptors (Lipinski definition) is 6. The summed E-state index contributed by atoms with van der Waals surface area (Å²) in [6, 6.07) is 20.3. The molecule has 0 aliphatic heterocycles. The Morgan fingerprint density at radius 2 is 1.54 bits per heavy atom. The third-order valence-electron chi connectivity index (χ3n) is 5.08. The summed E-state index contributed by atoms with van der Waals surface area (Å²) in [6.45, 7) is 0.922. The minimum atomic E-state index is -0.667. The van der Waals surface area contributed by atoms with Gasteiger partial charge in [0.15, 0.2) is 6.61 Å². The van der Waals surface area contributed by atoms with Gasteiger partial charge in [-0.15, -0.1) is 0 Å². The number of benzene rings is 3. The van der Waals surface area contributed by atoms with E-state index < -0.39 is 18.5 Å². The van der Waals surface area contributed by atoms with E-state index >= 15 is 0 Å². The predicted octanol–water partition coefficient (Wildman–Crippen LogP) is 3.27. The Morgan fingerprint density at radius 3 is 2.29 bits per heavy atom.